The Kier molecular flexibility index (Phi) is 3.50. The minimum atomic E-state index is 0.208. The highest BCUT2D eigenvalue weighted by molar-refractivity contribution is 6.31. The summed E-state index contributed by atoms with van der Waals surface area (Å²) in [5, 5.41) is 8.87. The molecule has 3 nitrogen and oxygen atoms in total. The first-order valence-corrected chi connectivity index (χ1v) is 6.80. The summed E-state index contributed by atoms with van der Waals surface area (Å²) in [5.74, 6) is 0.820. The Hall–Kier alpha value is -0.540. The van der Waals surface area contributed by atoms with E-state index in [1.807, 2.05) is 11.6 Å². The van der Waals surface area contributed by atoms with Crippen molar-refractivity contribution in [3.63, 3.8) is 0 Å². The second-order valence-corrected chi connectivity index (χ2v) is 5.89. The molecule has 0 unspecified atom stereocenters. The van der Waals surface area contributed by atoms with Crippen molar-refractivity contribution in [2.24, 2.45) is 5.92 Å². The Bertz CT molecular complexity index is 405. The molecule has 4 heteroatoms. The molecule has 1 aliphatic carbocycles. The van der Waals surface area contributed by atoms with Gasteiger partial charge in [0, 0.05) is 18.6 Å². The van der Waals surface area contributed by atoms with Crippen LogP contribution in [0.4, 0.5) is 0 Å². The number of aryl methyl sites for hydroxylation is 2. The lowest BCUT2D eigenvalue weighted by Gasteiger charge is -2.26. The molecule has 1 saturated carbocycles. The average molecular weight is 256 g/mol. The molecular weight excluding hydrogens is 234 g/mol. The molecule has 0 bridgehead atoms. The van der Waals surface area contributed by atoms with Crippen molar-refractivity contribution in [1.82, 2.24) is 15.1 Å². The maximum absolute atomic E-state index is 6.29. The van der Waals surface area contributed by atoms with Crippen molar-refractivity contribution in [2.75, 3.05) is 0 Å². The SMILES string of the molecule is CCn1nc(C)c(Cl)c1CNC(C)(C)C1CC1. The van der Waals surface area contributed by atoms with Gasteiger partial charge in [0.1, 0.15) is 0 Å². The number of rotatable bonds is 5. The van der Waals surface area contributed by atoms with Gasteiger partial charge in [-0.2, -0.15) is 5.10 Å². The second-order valence-electron chi connectivity index (χ2n) is 5.51. The first-order chi connectivity index (χ1) is 7.95. The van der Waals surface area contributed by atoms with E-state index < -0.39 is 0 Å². The van der Waals surface area contributed by atoms with Gasteiger partial charge in [-0.1, -0.05) is 11.6 Å². The molecule has 1 fully saturated rings. The summed E-state index contributed by atoms with van der Waals surface area (Å²) in [6, 6.07) is 0. The van der Waals surface area contributed by atoms with Crippen LogP contribution in [0.2, 0.25) is 5.02 Å². The fourth-order valence-corrected chi connectivity index (χ4v) is 2.50. The van der Waals surface area contributed by atoms with Crippen LogP contribution in [-0.2, 0) is 13.1 Å². The average Bonchev–Trinajstić information content (AvgIpc) is 3.07. The number of aromatic nitrogens is 2. The summed E-state index contributed by atoms with van der Waals surface area (Å²) in [6.07, 6.45) is 2.69. The van der Waals surface area contributed by atoms with Gasteiger partial charge < -0.3 is 5.32 Å². The van der Waals surface area contributed by atoms with Gasteiger partial charge in [-0.05, 0) is 46.5 Å². The normalized spacial score (nSPS) is 16.5. The smallest absolute Gasteiger partial charge is 0.0860 e. The number of nitrogens with one attached hydrogen (secondary N) is 1. The summed E-state index contributed by atoms with van der Waals surface area (Å²) < 4.78 is 1.99. The van der Waals surface area contributed by atoms with E-state index in [1.54, 1.807) is 0 Å². The lowest BCUT2D eigenvalue weighted by Crippen LogP contribution is -2.41. The van der Waals surface area contributed by atoms with Crippen LogP contribution in [0.5, 0.6) is 0 Å². The van der Waals surface area contributed by atoms with Crippen molar-refractivity contribution in [3.8, 4) is 0 Å². The third-order valence-electron chi connectivity index (χ3n) is 3.76. The first-order valence-electron chi connectivity index (χ1n) is 6.42. The van der Waals surface area contributed by atoms with Crippen LogP contribution in [0.3, 0.4) is 0 Å². The topological polar surface area (TPSA) is 29.9 Å². The second kappa shape index (κ2) is 4.62. The first kappa shape index (κ1) is 12.9. The van der Waals surface area contributed by atoms with Gasteiger partial charge in [0.05, 0.1) is 16.4 Å². The molecule has 17 heavy (non-hydrogen) atoms. The zero-order valence-electron chi connectivity index (χ0n) is 11.2. The molecule has 0 radical (unpaired) electrons. The van der Waals surface area contributed by atoms with E-state index in [1.165, 1.54) is 12.8 Å². The highest BCUT2D eigenvalue weighted by atomic mass is 35.5. The van der Waals surface area contributed by atoms with Crippen LogP contribution in [0.1, 0.15) is 45.0 Å². The molecule has 1 aliphatic rings. The Labute approximate surface area is 109 Å². The van der Waals surface area contributed by atoms with Gasteiger partial charge in [-0.25, -0.2) is 0 Å². The van der Waals surface area contributed by atoms with E-state index in [9.17, 15) is 0 Å². The standard InChI is InChI=1S/C13H22ClN3/c1-5-17-11(12(14)9(2)16-17)8-15-13(3,4)10-6-7-10/h10,15H,5-8H2,1-4H3. The highest BCUT2D eigenvalue weighted by Gasteiger charge is 2.37. The summed E-state index contributed by atoms with van der Waals surface area (Å²) >= 11 is 6.29. The third kappa shape index (κ3) is 2.66. The van der Waals surface area contributed by atoms with Crippen LogP contribution in [-0.4, -0.2) is 15.3 Å². The summed E-state index contributed by atoms with van der Waals surface area (Å²) in [5.41, 5.74) is 2.25. The monoisotopic (exact) mass is 255 g/mol. The van der Waals surface area contributed by atoms with Crippen molar-refractivity contribution >= 4 is 11.6 Å². The fraction of sp³-hybridized carbons (Fsp3) is 0.769. The van der Waals surface area contributed by atoms with Gasteiger partial charge >= 0.3 is 0 Å². The molecular formula is C13H22ClN3. The quantitative estimate of drug-likeness (QED) is 0.876. The number of nitrogens with zero attached hydrogens (tertiary/aromatic N) is 2. The minimum absolute atomic E-state index is 0.208. The molecule has 1 aromatic heterocycles. The molecule has 1 heterocycles. The van der Waals surface area contributed by atoms with Gasteiger partial charge in [-0.15, -0.1) is 0 Å². The fourth-order valence-electron chi connectivity index (χ4n) is 2.30. The molecule has 0 amide bonds. The molecule has 0 aliphatic heterocycles. The van der Waals surface area contributed by atoms with Crippen molar-refractivity contribution < 1.29 is 0 Å². The predicted molar refractivity (Wildman–Crippen MR) is 71.3 cm³/mol. The zero-order chi connectivity index (χ0) is 12.6. The van der Waals surface area contributed by atoms with Crippen molar-refractivity contribution in [1.29, 1.82) is 0 Å². The van der Waals surface area contributed by atoms with E-state index >= 15 is 0 Å². The summed E-state index contributed by atoms with van der Waals surface area (Å²) in [4.78, 5) is 0. The molecule has 0 saturated heterocycles. The molecule has 0 spiro atoms. The predicted octanol–water partition coefficient (Wildman–Crippen LogP) is 3.14. The Morgan fingerprint density at radius 3 is 2.65 bits per heavy atom. The van der Waals surface area contributed by atoms with Crippen molar-refractivity contribution in [3.05, 3.63) is 16.4 Å². The molecule has 2 rings (SSSR count). The number of hydrogen-bond donors (Lipinski definition) is 1. The van der Waals surface area contributed by atoms with E-state index in [0.29, 0.717) is 0 Å². The van der Waals surface area contributed by atoms with Gasteiger partial charge in [0.2, 0.25) is 0 Å². The Balaban J connectivity index is 2.07. The largest absolute Gasteiger partial charge is 0.306 e. The lowest BCUT2D eigenvalue weighted by molar-refractivity contribution is 0.334. The molecule has 0 aromatic carbocycles. The molecule has 96 valence electrons. The van der Waals surface area contributed by atoms with Crippen LogP contribution < -0.4 is 5.32 Å². The van der Waals surface area contributed by atoms with E-state index in [4.69, 9.17) is 11.6 Å². The van der Waals surface area contributed by atoms with E-state index in [2.05, 4.69) is 31.2 Å². The Morgan fingerprint density at radius 1 is 1.47 bits per heavy atom. The maximum atomic E-state index is 6.29. The third-order valence-corrected chi connectivity index (χ3v) is 4.25. The van der Waals surface area contributed by atoms with Gasteiger partial charge in [0.25, 0.3) is 0 Å². The zero-order valence-corrected chi connectivity index (χ0v) is 11.9. The van der Waals surface area contributed by atoms with Crippen LogP contribution in [0.25, 0.3) is 0 Å². The van der Waals surface area contributed by atoms with Gasteiger partial charge in [-0.3, -0.25) is 4.68 Å². The van der Waals surface area contributed by atoms with Crippen molar-refractivity contribution in [2.45, 2.75) is 59.2 Å². The molecule has 1 aromatic rings. The Morgan fingerprint density at radius 2 is 2.12 bits per heavy atom. The summed E-state index contributed by atoms with van der Waals surface area (Å²) in [7, 11) is 0. The van der Waals surface area contributed by atoms with E-state index in [-0.39, 0.29) is 5.54 Å². The van der Waals surface area contributed by atoms with E-state index in [0.717, 1.165) is 35.4 Å². The van der Waals surface area contributed by atoms with Crippen LogP contribution in [0, 0.1) is 12.8 Å². The lowest BCUT2D eigenvalue weighted by atomic mass is 9.99. The number of halogens is 1. The highest BCUT2D eigenvalue weighted by Crippen LogP contribution is 2.39. The van der Waals surface area contributed by atoms with Gasteiger partial charge in [0.15, 0.2) is 0 Å². The summed E-state index contributed by atoms with van der Waals surface area (Å²) in [6.45, 7) is 10.3. The molecule has 0 atom stereocenters. The minimum Gasteiger partial charge on any atom is -0.306 e. The van der Waals surface area contributed by atoms with Crippen LogP contribution in [0.15, 0.2) is 0 Å². The van der Waals surface area contributed by atoms with Crippen LogP contribution >= 0.6 is 11.6 Å². The molecule has 1 N–H and O–H groups in total. The number of hydrogen-bond acceptors (Lipinski definition) is 2. The maximum Gasteiger partial charge on any atom is 0.0860 e.